The molecule has 0 heterocycles. The van der Waals surface area contributed by atoms with Crippen LogP contribution in [0.15, 0.2) is 30.3 Å². The van der Waals surface area contributed by atoms with Gasteiger partial charge in [-0.15, -0.1) is 0 Å². The number of aliphatic hydroxyl groups is 1. The number of hydrogen-bond donors (Lipinski definition) is 1. The number of ether oxygens (including phenoxy) is 1. The van der Waals surface area contributed by atoms with Gasteiger partial charge in [0.15, 0.2) is 0 Å². The van der Waals surface area contributed by atoms with Crippen molar-refractivity contribution in [2.45, 2.75) is 38.4 Å². The van der Waals surface area contributed by atoms with E-state index in [1.807, 2.05) is 25.1 Å². The normalized spacial score (nSPS) is 28.8. The van der Waals surface area contributed by atoms with Crippen LogP contribution in [0.3, 0.4) is 0 Å². The molecule has 0 aliphatic heterocycles. The molecule has 0 radical (unpaired) electrons. The molecule has 88 valence electrons. The van der Waals surface area contributed by atoms with Gasteiger partial charge in [0, 0.05) is 0 Å². The van der Waals surface area contributed by atoms with Gasteiger partial charge in [0.25, 0.3) is 0 Å². The first-order chi connectivity index (χ1) is 7.72. The standard InChI is InChI=1S/C14H20O2/c1-2-14(15)8-13(9-14)11-16-10-12-6-4-3-5-7-12/h3-7,13,15H,2,8-11H2,1H3. The minimum absolute atomic E-state index is 0.388. The highest BCUT2D eigenvalue weighted by Gasteiger charge is 2.40. The van der Waals surface area contributed by atoms with E-state index in [1.54, 1.807) is 0 Å². The summed E-state index contributed by atoms with van der Waals surface area (Å²) in [7, 11) is 0. The summed E-state index contributed by atoms with van der Waals surface area (Å²) >= 11 is 0. The van der Waals surface area contributed by atoms with Crippen LogP contribution < -0.4 is 0 Å². The Balaban J connectivity index is 1.64. The lowest BCUT2D eigenvalue weighted by atomic mass is 9.70. The van der Waals surface area contributed by atoms with Crippen molar-refractivity contribution in [1.29, 1.82) is 0 Å². The second-order valence-electron chi connectivity index (χ2n) is 4.85. The van der Waals surface area contributed by atoms with Crippen molar-refractivity contribution >= 4 is 0 Å². The highest BCUT2D eigenvalue weighted by Crippen LogP contribution is 2.40. The molecule has 1 N–H and O–H groups in total. The van der Waals surface area contributed by atoms with Crippen LogP contribution in [-0.4, -0.2) is 17.3 Å². The maximum atomic E-state index is 9.85. The van der Waals surface area contributed by atoms with Gasteiger partial charge in [-0.3, -0.25) is 0 Å². The summed E-state index contributed by atoms with van der Waals surface area (Å²) < 4.78 is 5.65. The Morgan fingerprint density at radius 1 is 1.31 bits per heavy atom. The topological polar surface area (TPSA) is 29.5 Å². The molecular formula is C14H20O2. The van der Waals surface area contributed by atoms with E-state index in [-0.39, 0.29) is 5.60 Å². The molecule has 0 amide bonds. The molecule has 2 heteroatoms. The van der Waals surface area contributed by atoms with Gasteiger partial charge in [-0.1, -0.05) is 37.3 Å². The van der Waals surface area contributed by atoms with Gasteiger partial charge >= 0.3 is 0 Å². The summed E-state index contributed by atoms with van der Waals surface area (Å²) in [5, 5.41) is 9.85. The van der Waals surface area contributed by atoms with Crippen LogP contribution in [0.25, 0.3) is 0 Å². The SMILES string of the molecule is CCC1(O)CC(COCc2ccccc2)C1. The highest BCUT2D eigenvalue weighted by atomic mass is 16.5. The predicted octanol–water partition coefficient (Wildman–Crippen LogP) is 2.75. The smallest absolute Gasteiger partial charge is 0.0717 e. The van der Waals surface area contributed by atoms with E-state index in [2.05, 4.69) is 12.1 Å². The molecule has 1 saturated carbocycles. The van der Waals surface area contributed by atoms with E-state index in [0.717, 1.165) is 25.9 Å². The molecule has 0 bridgehead atoms. The lowest BCUT2D eigenvalue weighted by molar-refractivity contribution is -0.1000. The second-order valence-corrected chi connectivity index (χ2v) is 4.85. The van der Waals surface area contributed by atoms with E-state index >= 15 is 0 Å². The van der Waals surface area contributed by atoms with Gasteiger partial charge < -0.3 is 9.84 Å². The van der Waals surface area contributed by atoms with Crippen molar-refractivity contribution in [3.63, 3.8) is 0 Å². The van der Waals surface area contributed by atoms with E-state index in [0.29, 0.717) is 12.5 Å². The molecule has 1 aliphatic carbocycles. The molecule has 2 rings (SSSR count). The van der Waals surface area contributed by atoms with Crippen LogP contribution in [0, 0.1) is 5.92 Å². The van der Waals surface area contributed by atoms with Crippen molar-refractivity contribution in [2.75, 3.05) is 6.61 Å². The van der Waals surface area contributed by atoms with Gasteiger partial charge in [-0.25, -0.2) is 0 Å². The summed E-state index contributed by atoms with van der Waals surface area (Å²) in [4.78, 5) is 0. The molecule has 1 aromatic rings. The van der Waals surface area contributed by atoms with E-state index in [4.69, 9.17) is 4.74 Å². The van der Waals surface area contributed by atoms with Crippen molar-refractivity contribution in [3.05, 3.63) is 35.9 Å². The maximum absolute atomic E-state index is 9.85. The monoisotopic (exact) mass is 220 g/mol. The van der Waals surface area contributed by atoms with Gasteiger partial charge in [0.2, 0.25) is 0 Å². The highest BCUT2D eigenvalue weighted by molar-refractivity contribution is 5.13. The Morgan fingerprint density at radius 3 is 2.62 bits per heavy atom. The largest absolute Gasteiger partial charge is 0.390 e. The third kappa shape index (κ3) is 2.83. The summed E-state index contributed by atoms with van der Waals surface area (Å²) in [6.45, 7) is 3.50. The number of benzene rings is 1. The fourth-order valence-electron chi connectivity index (χ4n) is 2.34. The van der Waals surface area contributed by atoms with Gasteiger partial charge in [0.05, 0.1) is 18.8 Å². The second kappa shape index (κ2) is 4.98. The van der Waals surface area contributed by atoms with Crippen LogP contribution in [0.5, 0.6) is 0 Å². The fraction of sp³-hybridized carbons (Fsp3) is 0.571. The molecular weight excluding hydrogens is 200 g/mol. The van der Waals surface area contributed by atoms with E-state index in [1.165, 1.54) is 5.56 Å². The first-order valence-electron chi connectivity index (χ1n) is 6.06. The molecule has 0 saturated heterocycles. The van der Waals surface area contributed by atoms with Crippen LogP contribution in [0.2, 0.25) is 0 Å². The Kier molecular flexibility index (Phi) is 3.62. The molecule has 0 unspecified atom stereocenters. The zero-order valence-corrected chi connectivity index (χ0v) is 9.86. The quantitative estimate of drug-likeness (QED) is 0.826. The molecule has 1 aromatic carbocycles. The molecule has 2 nitrogen and oxygen atoms in total. The van der Waals surface area contributed by atoms with Crippen LogP contribution in [-0.2, 0) is 11.3 Å². The zero-order chi connectivity index (χ0) is 11.4. The molecule has 0 atom stereocenters. The van der Waals surface area contributed by atoms with Crippen LogP contribution >= 0.6 is 0 Å². The average molecular weight is 220 g/mol. The summed E-state index contributed by atoms with van der Waals surface area (Å²) in [6, 6.07) is 10.2. The van der Waals surface area contributed by atoms with Crippen molar-refractivity contribution in [3.8, 4) is 0 Å². The Morgan fingerprint density at radius 2 is 2.00 bits per heavy atom. The first kappa shape index (κ1) is 11.6. The van der Waals surface area contributed by atoms with Crippen molar-refractivity contribution < 1.29 is 9.84 Å². The maximum Gasteiger partial charge on any atom is 0.0717 e. The number of rotatable bonds is 5. The molecule has 0 spiro atoms. The molecule has 16 heavy (non-hydrogen) atoms. The van der Waals surface area contributed by atoms with Crippen LogP contribution in [0.4, 0.5) is 0 Å². The van der Waals surface area contributed by atoms with E-state index < -0.39 is 0 Å². The van der Waals surface area contributed by atoms with Crippen LogP contribution in [0.1, 0.15) is 31.7 Å². The zero-order valence-electron chi connectivity index (χ0n) is 9.86. The van der Waals surface area contributed by atoms with Crippen molar-refractivity contribution in [1.82, 2.24) is 0 Å². The molecule has 0 aromatic heterocycles. The Hall–Kier alpha value is -0.860. The minimum atomic E-state index is -0.388. The molecule has 1 fully saturated rings. The Labute approximate surface area is 97.3 Å². The van der Waals surface area contributed by atoms with Gasteiger partial charge in [-0.2, -0.15) is 0 Å². The minimum Gasteiger partial charge on any atom is -0.390 e. The lowest BCUT2D eigenvalue weighted by Crippen LogP contribution is -2.44. The summed E-state index contributed by atoms with van der Waals surface area (Å²) in [5.41, 5.74) is 0.827. The fourth-order valence-corrected chi connectivity index (χ4v) is 2.34. The number of hydrogen-bond acceptors (Lipinski definition) is 2. The third-order valence-corrected chi connectivity index (χ3v) is 3.46. The lowest BCUT2D eigenvalue weighted by Gasteiger charge is -2.43. The first-order valence-corrected chi connectivity index (χ1v) is 6.06. The van der Waals surface area contributed by atoms with Gasteiger partial charge in [-0.05, 0) is 30.7 Å². The molecule has 1 aliphatic rings. The predicted molar refractivity (Wildman–Crippen MR) is 64.1 cm³/mol. The van der Waals surface area contributed by atoms with Gasteiger partial charge in [0.1, 0.15) is 0 Å². The summed E-state index contributed by atoms with van der Waals surface area (Å²) in [6.07, 6.45) is 2.67. The average Bonchev–Trinajstić information content (AvgIpc) is 2.28. The third-order valence-electron chi connectivity index (χ3n) is 3.46. The van der Waals surface area contributed by atoms with E-state index in [9.17, 15) is 5.11 Å². The summed E-state index contributed by atoms with van der Waals surface area (Å²) in [5.74, 6) is 0.550. The Bertz CT molecular complexity index is 315. The van der Waals surface area contributed by atoms with Crippen molar-refractivity contribution in [2.24, 2.45) is 5.92 Å².